The highest BCUT2D eigenvalue weighted by Crippen LogP contribution is 2.25. The molecule has 1 aromatic heterocycles. The van der Waals surface area contributed by atoms with E-state index in [0.717, 1.165) is 13.0 Å². The van der Waals surface area contributed by atoms with Gasteiger partial charge in [-0.25, -0.2) is 0 Å². The van der Waals surface area contributed by atoms with Gasteiger partial charge in [-0.05, 0) is 38.3 Å². The van der Waals surface area contributed by atoms with E-state index < -0.39 is 0 Å². The van der Waals surface area contributed by atoms with Crippen molar-refractivity contribution >= 4 is 10.9 Å². The first kappa shape index (κ1) is 11.2. The van der Waals surface area contributed by atoms with Gasteiger partial charge in [0.25, 0.3) is 0 Å². The van der Waals surface area contributed by atoms with E-state index in [0.29, 0.717) is 0 Å². The number of benzene rings is 1. The van der Waals surface area contributed by atoms with Gasteiger partial charge in [0.05, 0.1) is 5.52 Å². The smallest absolute Gasteiger partial charge is 0.0516 e. The molecule has 0 saturated heterocycles. The Morgan fingerprint density at radius 2 is 2.12 bits per heavy atom. The van der Waals surface area contributed by atoms with Crippen molar-refractivity contribution in [3.8, 4) is 0 Å². The Hall–Kier alpha value is -1.28. The van der Waals surface area contributed by atoms with Gasteiger partial charge in [-0.1, -0.05) is 18.2 Å². The van der Waals surface area contributed by atoms with Gasteiger partial charge in [0.1, 0.15) is 0 Å². The maximum atomic E-state index is 5.90. The van der Waals surface area contributed by atoms with Crippen molar-refractivity contribution in [2.45, 2.75) is 39.8 Å². The number of hydrogen-bond donors (Lipinski definition) is 1. The largest absolute Gasteiger partial charge is 0.347 e. The van der Waals surface area contributed by atoms with E-state index >= 15 is 0 Å². The van der Waals surface area contributed by atoms with Crippen molar-refractivity contribution in [3.05, 3.63) is 35.5 Å². The van der Waals surface area contributed by atoms with Crippen LogP contribution in [0.4, 0.5) is 0 Å². The molecule has 2 nitrogen and oxygen atoms in total. The van der Waals surface area contributed by atoms with E-state index in [1.54, 1.807) is 0 Å². The highest BCUT2D eigenvalue weighted by molar-refractivity contribution is 5.86. The molecular weight excluding hydrogens is 196 g/mol. The minimum Gasteiger partial charge on any atom is -0.347 e. The second-order valence-corrected chi connectivity index (χ2v) is 4.59. The van der Waals surface area contributed by atoms with E-state index in [2.05, 4.69) is 49.7 Å². The summed E-state index contributed by atoms with van der Waals surface area (Å²) in [7, 11) is 0. The summed E-state index contributed by atoms with van der Waals surface area (Å²) in [4.78, 5) is 0. The lowest BCUT2D eigenvalue weighted by Crippen LogP contribution is -2.18. The fraction of sp³-hybridized carbons (Fsp3) is 0.429. The quantitative estimate of drug-likeness (QED) is 0.840. The maximum Gasteiger partial charge on any atom is 0.0516 e. The summed E-state index contributed by atoms with van der Waals surface area (Å²) in [5, 5.41) is 1.36. The minimum absolute atomic E-state index is 0.214. The fourth-order valence-corrected chi connectivity index (χ4v) is 2.38. The Balaban J connectivity index is 2.64. The second-order valence-electron chi connectivity index (χ2n) is 4.59. The summed E-state index contributed by atoms with van der Waals surface area (Å²) in [6, 6.07) is 6.73. The molecule has 0 bridgehead atoms. The Kier molecular flexibility index (Phi) is 3.01. The Morgan fingerprint density at radius 1 is 1.38 bits per heavy atom. The molecule has 0 spiro atoms. The van der Waals surface area contributed by atoms with Crippen molar-refractivity contribution in [1.29, 1.82) is 0 Å². The van der Waals surface area contributed by atoms with Gasteiger partial charge in [-0.2, -0.15) is 0 Å². The predicted molar refractivity (Wildman–Crippen MR) is 69.7 cm³/mol. The van der Waals surface area contributed by atoms with Crippen LogP contribution in [0, 0.1) is 6.92 Å². The first-order chi connectivity index (χ1) is 7.63. The summed E-state index contributed by atoms with van der Waals surface area (Å²) in [6.07, 6.45) is 3.18. The van der Waals surface area contributed by atoms with Gasteiger partial charge >= 0.3 is 0 Å². The highest BCUT2D eigenvalue weighted by atomic mass is 14.9. The monoisotopic (exact) mass is 216 g/mol. The van der Waals surface area contributed by atoms with Gasteiger partial charge in [0, 0.05) is 24.2 Å². The zero-order valence-electron chi connectivity index (χ0n) is 10.3. The molecular formula is C14H20N2. The number of aromatic nitrogens is 1. The van der Waals surface area contributed by atoms with Crippen LogP contribution in [0.2, 0.25) is 0 Å². The molecule has 0 aliphatic heterocycles. The van der Waals surface area contributed by atoms with Crippen molar-refractivity contribution in [3.63, 3.8) is 0 Å². The van der Waals surface area contributed by atoms with Crippen LogP contribution < -0.4 is 5.73 Å². The number of fused-ring (bicyclic) bond motifs is 1. The number of rotatable bonds is 3. The molecule has 2 rings (SSSR count). The average molecular weight is 216 g/mol. The van der Waals surface area contributed by atoms with Crippen molar-refractivity contribution in [2.75, 3.05) is 0 Å². The second kappa shape index (κ2) is 4.30. The van der Waals surface area contributed by atoms with Crippen molar-refractivity contribution in [2.24, 2.45) is 5.73 Å². The number of aryl methyl sites for hydroxylation is 2. The first-order valence-corrected chi connectivity index (χ1v) is 5.96. The minimum atomic E-state index is 0.214. The van der Waals surface area contributed by atoms with E-state index in [1.807, 2.05) is 0 Å². The third kappa shape index (κ3) is 1.85. The van der Waals surface area contributed by atoms with Crippen LogP contribution in [0.1, 0.15) is 25.0 Å². The van der Waals surface area contributed by atoms with Crippen LogP contribution in [-0.4, -0.2) is 10.6 Å². The fourth-order valence-electron chi connectivity index (χ4n) is 2.38. The number of nitrogens with zero attached hydrogens (tertiary/aromatic N) is 1. The maximum absolute atomic E-state index is 5.90. The molecule has 0 aliphatic carbocycles. The lowest BCUT2D eigenvalue weighted by molar-refractivity contribution is 0.731. The molecule has 0 aliphatic rings. The Morgan fingerprint density at radius 3 is 2.75 bits per heavy atom. The normalized spacial score (nSPS) is 13.2. The molecule has 2 aromatic rings. The molecule has 2 N–H and O–H groups in total. The summed E-state index contributed by atoms with van der Waals surface area (Å²) in [6.45, 7) is 7.43. The summed E-state index contributed by atoms with van der Waals surface area (Å²) >= 11 is 0. The topological polar surface area (TPSA) is 30.9 Å². The number of nitrogens with two attached hydrogens (primary N) is 1. The van der Waals surface area contributed by atoms with Gasteiger partial charge in [0.15, 0.2) is 0 Å². The van der Waals surface area contributed by atoms with Crippen LogP contribution >= 0.6 is 0 Å². The molecule has 2 heteroatoms. The van der Waals surface area contributed by atoms with Gasteiger partial charge < -0.3 is 10.3 Å². The van der Waals surface area contributed by atoms with Crippen LogP contribution in [-0.2, 0) is 13.0 Å². The molecule has 1 heterocycles. The van der Waals surface area contributed by atoms with Crippen LogP contribution in [0.15, 0.2) is 24.4 Å². The third-order valence-corrected chi connectivity index (χ3v) is 3.06. The first-order valence-electron chi connectivity index (χ1n) is 5.96. The zero-order chi connectivity index (χ0) is 11.7. The lowest BCUT2D eigenvalue weighted by Gasteiger charge is -2.10. The van der Waals surface area contributed by atoms with Gasteiger partial charge in [-0.15, -0.1) is 0 Å². The standard InChI is InChI=1S/C14H20N2/c1-4-16-9-10(2)13-7-5-6-12(14(13)16)8-11(3)15/h5-7,9,11H,4,8,15H2,1-3H3. The Labute approximate surface area is 97.1 Å². The SMILES string of the molecule is CCn1cc(C)c2cccc(CC(C)N)c21. The molecule has 16 heavy (non-hydrogen) atoms. The predicted octanol–water partition coefficient (Wildman–Crippen LogP) is 2.86. The van der Waals surface area contributed by atoms with Crippen LogP contribution in [0.5, 0.6) is 0 Å². The molecule has 1 atom stereocenters. The summed E-state index contributed by atoms with van der Waals surface area (Å²) < 4.78 is 2.32. The average Bonchev–Trinajstić information content (AvgIpc) is 2.56. The molecule has 1 unspecified atom stereocenters. The molecule has 0 saturated carbocycles. The van der Waals surface area contributed by atoms with Gasteiger partial charge in [-0.3, -0.25) is 0 Å². The van der Waals surface area contributed by atoms with E-state index in [9.17, 15) is 0 Å². The van der Waals surface area contributed by atoms with Crippen LogP contribution in [0.25, 0.3) is 10.9 Å². The summed E-state index contributed by atoms with van der Waals surface area (Å²) in [5.41, 5.74) is 9.98. The molecule has 0 fully saturated rings. The molecule has 86 valence electrons. The number of para-hydroxylation sites is 1. The zero-order valence-corrected chi connectivity index (χ0v) is 10.3. The molecule has 1 aromatic carbocycles. The summed E-state index contributed by atoms with van der Waals surface area (Å²) in [5.74, 6) is 0. The van der Waals surface area contributed by atoms with E-state index in [1.165, 1.54) is 22.0 Å². The third-order valence-electron chi connectivity index (χ3n) is 3.06. The van der Waals surface area contributed by atoms with Crippen LogP contribution in [0.3, 0.4) is 0 Å². The molecule has 0 amide bonds. The van der Waals surface area contributed by atoms with E-state index in [4.69, 9.17) is 5.73 Å². The highest BCUT2D eigenvalue weighted by Gasteiger charge is 2.09. The van der Waals surface area contributed by atoms with Crippen molar-refractivity contribution in [1.82, 2.24) is 4.57 Å². The lowest BCUT2D eigenvalue weighted by atomic mass is 10.0. The molecule has 0 radical (unpaired) electrons. The Bertz CT molecular complexity index is 495. The van der Waals surface area contributed by atoms with Crippen molar-refractivity contribution < 1.29 is 0 Å². The van der Waals surface area contributed by atoms with Gasteiger partial charge in [0.2, 0.25) is 0 Å². The number of hydrogen-bond acceptors (Lipinski definition) is 1. The van der Waals surface area contributed by atoms with E-state index in [-0.39, 0.29) is 6.04 Å².